The minimum atomic E-state index is -0.226. The van der Waals surface area contributed by atoms with Crippen LogP contribution in [0.4, 0.5) is 11.6 Å². The van der Waals surface area contributed by atoms with Crippen molar-refractivity contribution in [2.45, 2.75) is 45.2 Å². The molecular formula is C18H26N6O2. The molecule has 0 radical (unpaired) electrons. The number of aromatic nitrogens is 3. The van der Waals surface area contributed by atoms with E-state index in [1.165, 1.54) is 0 Å². The minimum Gasteiger partial charge on any atom is -0.360 e. The summed E-state index contributed by atoms with van der Waals surface area (Å²) in [6, 6.07) is 5.72. The molecule has 1 saturated heterocycles. The minimum absolute atomic E-state index is 0.0626. The first-order valence-electron chi connectivity index (χ1n) is 9.07. The molecule has 2 aromatic rings. The Labute approximate surface area is 153 Å². The van der Waals surface area contributed by atoms with Crippen molar-refractivity contribution in [3.8, 4) is 0 Å². The van der Waals surface area contributed by atoms with E-state index in [4.69, 9.17) is 4.52 Å². The van der Waals surface area contributed by atoms with Gasteiger partial charge < -0.3 is 14.7 Å². The van der Waals surface area contributed by atoms with Gasteiger partial charge in [0.25, 0.3) is 0 Å². The first-order chi connectivity index (χ1) is 12.6. The van der Waals surface area contributed by atoms with Gasteiger partial charge in [-0.05, 0) is 45.4 Å². The summed E-state index contributed by atoms with van der Waals surface area (Å²) < 4.78 is 5.01. The van der Waals surface area contributed by atoms with Crippen LogP contribution in [0.1, 0.15) is 31.9 Å². The molecule has 0 bridgehead atoms. The van der Waals surface area contributed by atoms with E-state index in [1.54, 1.807) is 19.2 Å². The third kappa shape index (κ3) is 4.19. The Morgan fingerprint density at radius 3 is 3.04 bits per heavy atom. The van der Waals surface area contributed by atoms with Crippen LogP contribution in [0.15, 0.2) is 28.9 Å². The number of aryl methyl sites for hydroxylation is 1. The monoisotopic (exact) mass is 358 g/mol. The highest BCUT2D eigenvalue weighted by atomic mass is 16.5. The molecule has 2 atom stereocenters. The average Bonchev–Trinajstić information content (AvgIpc) is 3.25. The normalized spacial score (nSPS) is 18.3. The van der Waals surface area contributed by atoms with Gasteiger partial charge in [0, 0.05) is 31.4 Å². The van der Waals surface area contributed by atoms with Crippen LogP contribution in [0.5, 0.6) is 0 Å². The maximum Gasteiger partial charge on any atom is 0.242 e. The first-order valence-corrected chi connectivity index (χ1v) is 9.07. The molecule has 0 spiro atoms. The van der Waals surface area contributed by atoms with Crippen LogP contribution in [0.25, 0.3) is 0 Å². The van der Waals surface area contributed by atoms with Crippen molar-refractivity contribution in [3.05, 3.63) is 30.2 Å². The van der Waals surface area contributed by atoms with Crippen LogP contribution in [-0.4, -0.2) is 58.4 Å². The van der Waals surface area contributed by atoms with E-state index in [9.17, 15) is 4.79 Å². The van der Waals surface area contributed by atoms with Crippen LogP contribution < -0.4 is 10.2 Å². The predicted molar refractivity (Wildman–Crippen MR) is 99.0 cm³/mol. The lowest BCUT2D eigenvalue weighted by atomic mass is 10.1. The molecule has 0 aromatic carbocycles. The summed E-state index contributed by atoms with van der Waals surface area (Å²) in [6.07, 6.45) is 4.61. The van der Waals surface area contributed by atoms with E-state index < -0.39 is 0 Å². The summed E-state index contributed by atoms with van der Waals surface area (Å²) in [7, 11) is 2.00. The second-order valence-corrected chi connectivity index (χ2v) is 6.75. The van der Waals surface area contributed by atoms with Crippen molar-refractivity contribution < 1.29 is 9.32 Å². The second kappa shape index (κ2) is 8.27. The summed E-state index contributed by atoms with van der Waals surface area (Å²) in [4.78, 5) is 17.0. The standard InChI is InChI=1S/C18H26N6O2/c1-4-15(18(25)20-16-11-13(2)26-22-16)23(3)12-14-7-6-10-24(14)17-8-5-9-19-21-17/h5,8-9,11,14-15H,4,6-7,10,12H2,1-3H3,(H,20,22,25). The fourth-order valence-corrected chi connectivity index (χ4v) is 3.57. The number of carbonyl (C=O) groups is 1. The van der Waals surface area contributed by atoms with Gasteiger partial charge in [0.2, 0.25) is 5.91 Å². The summed E-state index contributed by atoms with van der Waals surface area (Å²) in [5.41, 5.74) is 0. The highest BCUT2D eigenvalue weighted by Gasteiger charge is 2.30. The number of rotatable bonds is 7. The molecule has 3 rings (SSSR count). The molecule has 1 N–H and O–H groups in total. The van der Waals surface area contributed by atoms with Gasteiger partial charge in [0.1, 0.15) is 5.76 Å². The Kier molecular flexibility index (Phi) is 5.82. The van der Waals surface area contributed by atoms with E-state index in [0.29, 0.717) is 17.6 Å². The van der Waals surface area contributed by atoms with Crippen molar-refractivity contribution in [1.82, 2.24) is 20.3 Å². The molecule has 2 aromatic heterocycles. The third-order valence-corrected chi connectivity index (χ3v) is 4.83. The molecule has 1 fully saturated rings. The Bertz CT molecular complexity index is 719. The summed E-state index contributed by atoms with van der Waals surface area (Å²) in [5.74, 6) is 1.97. The van der Waals surface area contributed by atoms with E-state index in [0.717, 1.165) is 38.2 Å². The van der Waals surface area contributed by atoms with Gasteiger partial charge in [-0.3, -0.25) is 9.69 Å². The molecule has 140 valence electrons. The Hall–Kier alpha value is -2.48. The number of carbonyl (C=O) groups excluding carboxylic acids is 1. The molecular weight excluding hydrogens is 332 g/mol. The van der Waals surface area contributed by atoms with Crippen molar-refractivity contribution in [1.29, 1.82) is 0 Å². The number of likely N-dealkylation sites (N-methyl/N-ethyl adjacent to an activating group) is 1. The molecule has 1 aliphatic heterocycles. The van der Waals surface area contributed by atoms with Crippen LogP contribution in [0, 0.1) is 6.92 Å². The van der Waals surface area contributed by atoms with Gasteiger partial charge in [0.15, 0.2) is 11.6 Å². The van der Waals surface area contributed by atoms with Crippen molar-refractivity contribution in [2.24, 2.45) is 0 Å². The molecule has 8 nitrogen and oxygen atoms in total. The fourth-order valence-electron chi connectivity index (χ4n) is 3.57. The third-order valence-electron chi connectivity index (χ3n) is 4.83. The van der Waals surface area contributed by atoms with Crippen LogP contribution in [0.3, 0.4) is 0 Å². The quantitative estimate of drug-likeness (QED) is 0.811. The fraction of sp³-hybridized carbons (Fsp3) is 0.556. The molecule has 0 saturated carbocycles. The molecule has 2 unspecified atom stereocenters. The van der Waals surface area contributed by atoms with Crippen molar-refractivity contribution in [2.75, 3.05) is 30.4 Å². The molecule has 26 heavy (non-hydrogen) atoms. The molecule has 3 heterocycles. The lowest BCUT2D eigenvalue weighted by Crippen LogP contribution is -2.47. The lowest BCUT2D eigenvalue weighted by Gasteiger charge is -2.32. The van der Waals surface area contributed by atoms with Gasteiger partial charge in [0.05, 0.1) is 6.04 Å². The highest BCUT2D eigenvalue weighted by Crippen LogP contribution is 2.24. The Morgan fingerprint density at radius 1 is 1.54 bits per heavy atom. The largest absolute Gasteiger partial charge is 0.360 e. The number of nitrogens with zero attached hydrogens (tertiary/aromatic N) is 5. The maximum absolute atomic E-state index is 12.6. The van der Waals surface area contributed by atoms with E-state index >= 15 is 0 Å². The molecule has 8 heteroatoms. The van der Waals surface area contributed by atoms with Crippen LogP contribution >= 0.6 is 0 Å². The van der Waals surface area contributed by atoms with Gasteiger partial charge in [-0.15, -0.1) is 5.10 Å². The maximum atomic E-state index is 12.6. The second-order valence-electron chi connectivity index (χ2n) is 6.75. The van der Waals surface area contributed by atoms with Crippen LogP contribution in [-0.2, 0) is 4.79 Å². The summed E-state index contributed by atoms with van der Waals surface area (Å²) >= 11 is 0. The summed E-state index contributed by atoms with van der Waals surface area (Å²) in [5, 5.41) is 14.9. The molecule has 1 amide bonds. The number of hydrogen-bond donors (Lipinski definition) is 1. The zero-order chi connectivity index (χ0) is 18.5. The predicted octanol–water partition coefficient (Wildman–Crippen LogP) is 2.09. The molecule has 0 aliphatic carbocycles. The molecule has 1 aliphatic rings. The van der Waals surface area contributed by atoms with Crippen LogP contribution in [0.2, 0.25) is 0 Å². The smallest absolute Gasteiger partial charge is 0.242 e. The Morgan fingerprint density at radius 2 is 2.38 bits per heavy atom. The topological polar surface area (TPSA) is 87.4 Å². The Balaban J connectivity index is 1.63. The van der Waals surface area contributed by atoms with Gasteiger partial charge in [-0.2, -0.15) is 5.10 Å². The van der Waals surface area contributed by atoms with Gasteiger partial charge in [-0.25, -0.2) is 0 Å². The highest BCUT2D eigenvalue weighted by molar-refractivity contribution is 5.93. The number of hydrogen-bond acceptors (Lipinski definition) is 7. The van der Waals surface area contributed by atoms with Crippen molar-refractivity contribution >= 4 is 17.5 Å². The number of amides is 1. The number of anilines is 2. The zero-order valence-electron chi connectivity index (χ0n) is 15.6. The lowest BCUT2D eigenvalue weighted by molar-refractivity contribution is -0.121. The zero-order valence-corrected chi connectivity index (χ0v) is 15.6. The van der Waals surface area contributed by atoms with Gasteiger partial charge >= 0.3 is 0 Å². The van der Waals surface area contributed by atoms with E-state index in [1.807, 2.05) is 26.1 Å². The van der Waals surface area contributed by atoms with Gasteiger partial charge in [-0.1, -0.05) is 12.1 Å². The first kappa shape index (κ1) is 18.3. The number of nitrogens with one attached hydrogen (secondary N) is 1. The average molecular weight is 358 g/mol. The van der Waals surface area contributed by atoms with E-state index in [-0.39, 0.29) is 11.9 Å². The summed E-state index contributed by atoms with van der Waals surface area (Å²) in [6.45, 7) is 5.58. The van der Waals surface area contributed by atoms with E-state index in [2.05, 4.69) is 30.5 Å². The SMILES string of the molecule is CCC(C(=O)Nc1cc(C)on1)N(C)CC1CCCN1c1cccnn1. The van der Waals surface area contributed by atoms with Crippen molar-refractivity contribution in [3.63, 3.8) is 0 Å².